The highest BCUT2D eigenvalue weighted by Crippen LogP contribution is 2.19. The van der Waals surface area contributed by atoms with E-state index in [9.17, 15) is 4.79 Å². The average molecular weight is 277 g/mol. The molecule has 0 saturated heterocycles. The van der Waals surface area contributed by atoms with Gasteiger partial charge in [0.25, 0.3) is 0 Å². The maximum atomic E-state index is 11.7. The first-order chi connectivity index (χ1) is 9.78. The number of benzene rings is 1. The van der Waals surface area contributed by atoms with Gasteiger partial charge in [-0.1, -0.05) is 18.9 Å². The van der Waals surface area contributed by atoms with E-state index in [0.717, 1.165) is 30.8 Å². The van der Waals surface area contributed by atoms with Crippen LogP contribution in [0.3, 0.4) is 0 Å². The van der Waals surface area contributed by atoms with Crippen molar-refractivity contribution in [2.24, 2.45) is 0 Å². The lowest BCUT2D eigenvalue weighted by Crippen LogP contribution is -2.32. The van der Waals surface area contributed by atoms with Crippen LogP contribution in [0, 0.1) is 0 Å². The summed E-state index contributed by atoms with van der Waals surface area (Å²) in [5.74, 6) is 1.70. The minimum absolute atomic E-state index is 0.145. The van der Waals surface area contributed by atoms with Crippen molar-refractivity contribution in [2.45, 2.75) is 44.6 Å². The van der Waals surface area contributed by atoms with E-state index in [1.165, 1.54) is 12.8 Å². The van der Waals surface area contributed by atoms with Crippen LogP contribution in [0.5, 0.6) is 11.5 Å². The summed E-state index contributed by atoms with van der Waals surface area (Å²) in [4.78, 5) is 11.7. The van der Waals surface area contributed by atoms with Crippen LogP contribution in [0.1, 0.15) is 38.5 Å². The van der Waals surface area contributed by atoms with Crippen molar-refractivity contribution in [3.63, 3.8) is 0 Å². The number of carbonyl (C=O) groups is 1. The van der Waals surface area contributed by atoms with Gasteiger partial charge in [-0.3, -0.25) is 4.79 Å². The summed E-state index contributed by atoms with van der Waals surface area (Å²) < 4.78 is 10.7. The number of methoxy groups -OCH3 is 1. The summed E-state index contributed by atoms with van der Waals surface area (Å²) in [5.41, 5.74) is 0. The van der Waals surface area contributed by atoms with Crippen molar-refractivity contribution in [3.05, 3.63) is 24.3 Å². The molecule has 1 fully saturated rings. The molecular formula is C16H23NO3. The second kappa shape index (κ2) is 7.78. The summed E-state index contributed by atoms with van der Waals surface area (Å²) in [6, 6.07) is 7.91. The summed E-state index contributed by atoms with van der Waals surface area (Å²) in [6.45, 7) is 0.547. The SMILES string of the molecule is COc1cccc(OCCCC(=O)NC2CCCC2)c1. The van der Waals surface area contributed by atoms with E-state index < -0.39 is 0 Å². The van der Waals surface area contributed by atoms with Crippen molar-refractivity contribution in [1.29, 1.82) is 0 Å². The molecule has 1 aliphatic rings. The molecule has 4 nitrogen and oxygen atoms in total. The normalized spacial score (nSPS) is 15.1. The molecule has 0 atom stereocenters. The van der Waals surface area contributed by atoms with E-state index in [1.54, 1.807) is 7.11 Å². The molecule has 0 aromatic heterocycles. The molecule has 110 valence electrons. The number of carbonyl (C=O) groups excluding carboxylic acids is 1. The molecular weight excluding hydrogens is 254 g/mol. The Kier molecular flexibility index (Phi) is 5.71. The van der Waals surface area contributed by atoms with Crippen molar-refractivity contribution < 1.29 is 14.3 Å². The van der Waals surface area contributed by atoms with Gasteiger partial charge in [-0.2, -0.15) is 0 Å². The Bertz CT molecular complexity index is 427. The second-order valence-electron chi connectivity index (χ2n) is 5.18. The Labute approximate surface area is 120 Å². The lowest BCUT2D eigenvalue weighted by atomic mass is 10.2. The van der Waals surface area contributed by atoms with Gasteiger partial charge >= 0.3 is 0 Å². The summed E-state index contributed by atoms with van der Waals surface area (Å²) in [6.07, 6.45) is 6.00. The number of hydrogen-bond donors (Lipinski definition) is 1. The van der Waals surface area contributed by atoms with E-state index >= 15 is 0 Å². The molecule has 2 rings (SSSR count). The van der Waals surface area contributed by atoms with E-state index in [1.807, 2.05) is 24.3 Å². The highest BCUT2D eigenvalue weighted by atomic mass is 16.5. The van der Waals surface area contributed by atoms with Gasteiger partial charge in [0.05, 0.1) is 13.7 Å². The molecule has 0 aliphatic heterocycles. The number of amides is 1. The van der Waals surface area contributed by atoms with Gasteiger partial charge in [-0.25, -0.2) is 0 Å². The topological polar surface area (TPSA) is 47.6 Å². The molecule has 0 bridgehead atoms. The van der Waals surface area contributed by atoms with Gasteiger partial charge in [0, 0.05) is 18.5 Å². The molecule has 0 radical (unpaired) electrons. The largest absolute Gasteiger partial charge is 0.497 e. The van der Waals surface area contributed by atoms with Crippen LogP contribution in [-0.4, -0.2) is 25.7 Å². The van der Waals surface area contributed by atoms with E-state index in [-0.39, 0.29) is 5.91 Å². The van der Waals surface area contributed by atoms with Crippen LogP contribution in [0.15, 0.2) is 24.3 Å². The predicted octanol–water partition coefficient (Wildman–Crippen LogP) is 2.91. The summed E-state index contributed by atoms with van der Waals surface area (Å²) in [5, 5.41) is 3.08. The first kappa shape index (κ1) is 14.7. The van der Waals surface area contributed by atoms with Gasteiger partial charge in [0.15, 0.2) is 0 Å². The van der Waals surface area contributed by atoms with Crippen LogP contribution in [-0.2, 0) is 4.79 Å². The van der Waals surface area contributed by atoms with Crippen LogP contribution in [0.4, 0.5) is 0 Å². The molecule has 1 aromatic carbocycles. The van der Waals surface area contributed by atoms with Crippen molar-refractivity contribution in [1.82, 2.24) is 5.32 Å². The van der Waals surface area contributed by atoms with Crippen molar-refractivity contribution >= 4 is 5.91 Å². The van der Waals surface area contributed by atoms with Gasteiger partial charge < -0.3 is 14.8 Å². The smallest absolute Gasteiger partial charge is 0.220 e. The third-order valence-corrected chi connectivity index (χ3v) is 3.58. The molecule has 1 saturated carbocycles. The zero-order chi connectivity index (χ0) is 14.2. The fourth-order valence-corrected chi connectivity index (χ4v) is 2.48. The van der Waals surface area contributed by atoms with Gasteiger partial charge in [-0.05, 0) is 31.4 Å². The second-order valence-corrected chi connectivity index (χ2v) is 5.18. The molecule has 4 heteroatoms. The molecule has 0 heterocycles. The van der Waals surface area contributed by atoms with E-state index in [2.05, 4.69) is 5.32 Å². The van der Waals surface area contributed by atoms with Gasteiger partial charge in [0.2, 0.25) is 5.91 Å². The number of rotatable bonds is 7. The fraction of sp³-hybridized carbons (Fsp3) is 0.562. The highest BCUT2D eigenvalue weighted by Gasteiger charge is 2.16. The van der Waals surface area contributed by atoms with Gasteiger partial charge in [0.1, 0.15) is 11.5 Å². The van der Waals surface area contributed by atoms with E-state index in [0.29, 0.717) is 19.1 Å². The molecule has 1 amide bonds. The fourth-order valence-electron chi connectivity index (χ4n) is 2.48. The zero-order valence-electron chi connectivity index (χ0n) is 12.1. The minimum Gasteiger partial charge on any atom is -0.497 e. The zero-order valence-corrected chi connectivity index (χ0v) is 12.1. The number of hydrogen-bond acceptors (Lipinski definition) is 3. The monoisotopic (exact) mass is 277 g/mol. The van der Waals surface area contributed by atoms with Crippen LogP contribution in [0.2, 0.25) is 0 Å². The van der Waals surface area contributed by atoms with Crippen LogP contribution < -0.4 is 14.8 Å². The van der Waals surface area contributed by atoms with Crippen molar-refractivity contribution in [3.8, 4) is 11.5 Å². The maximum Gasteiger partial charge on any atom is 0.220 e. The predicted molar refractivity (Wildman–Crippen MR) is 78.1 cm³/mol. The number of ether oxygens (including phenoxy) is 2. The highest BCUT2D eigenvalue weighted by molar-refractivity contribution is 5.76. The Balaban J connectivity index is 1.61. The summed E-state index contributed by atoms with van der Waals surface area (Å²) >= 11 is 0. The van der Waals surface area contributed by atoms with Crippen LogP contribution >= 0.6 is 0 Å². The van der Waals surface area contributed by atoms with Crippen LogP contribution in [0.25, 0.3) is 0 Å². The lowest BCUT2D eigenvalue weighted by Gasteiger charge is -2.12. The third-order valence-electron chi connectivity index (χ3n) is 3.58. The molecule has 1 aliphatic carbocycles. The Morgan fingerprint density at radius 1 is 1.30 bits per heavy atom. The Morgan fingerprint density at radius 2 is 2.05 bits per heavy atom. The summed E-state index contributed by atoms with van der Waals surface area (Å²) in [7, 11) is 1.63. The maximum absolute atomic E-state index is 11.7. The molecule has 0 unspecified atom stereocenters. The average Bonchev–Trinajstić information content (AvgIpc) is 2.97. The number of nitrogens with one attached hydrogen (secondary N) is 1. The Hall–Kier alpha value is -1.71. The molecule has 1 N–H and O–H groups in total. The molecule has 0 spiro atoms. The molecule has 1 aromatic rings. The quantitative estimate of drug-likeness (QED) is 0.780. The first-order valence-electron chi connectivity index (χ1n) is 7.34. The Morgan fingerprint density at radius 3 is 2.80 bits per heavy atom. The molecule has 20 heavy (non-hydrogen) atoms. The first-order valence-corrected chi connectivity index (χ1v) is 7.34. The third kappa shape index (κ3) is 4.76. The van der Waals surface area contributed by atoms with Gasteiger partial charge in [-0.15, -0.1) is 0 Å². The minimum atomic E-state index is 0.145. The standard InChI is InChI=1S/C16H23NO3/c1-19-14-8-4-9-15(12-14)20-11-5-10-16(18)17-13-6-2-3-7-13/h4,8-9,12-13H,2-3,5-7,10-11H2,1H3,(H,17,18). The van der Waals surface area contributed by atoms with Crippen molar-refractivity contribution in [2.75, 3.05) is 13.7 Å². The van der Waals surface area contributed by atoms with E-state index in [4.69, 9.17) is 9.47 Å². The lowest BCUT2D eigenvalue weighted by molar-refractivity contribution is -0.122.